The summed E-state index contributed by atoms with van der Waals surface area (Å²) in [6.07, 6.45) is 3.25. The van der Waals surface area contributed by atoms with E-state index in [1.54, 1.807) is 0 Å². The molecular formula is C25H26N2O3. The van der Waals surface area contributed by atoms with E-state index in [0.29, 0.717) is 29.2 Å². The number of aliphatic carboxylic acids is 1. The fourth-order valence-electron chi connectivity index (χ4n) is 4.12. The van der Waals surface area contributed by atoms with E-state index in [1.165, 1.54) is 0 Å². The van der Waals surface area contributed by atoms with Crippen molar-refractivity contribution in [1.29, 1.82) is 0 Å². The van der Waals surface area contributed by atoms with E-state index in [4.69, 9.17) is 14.7 Å². The van der Waals surface area contributed by atoms with Gasteiger partial charge in [-0.05, 0) is 49.9 Å². The first-order chi connectivity index (χ1) is 14.6. The molecule has 1 unspecified atom stereocenters. The summed E-state index contributed by atoms with van der Waals surface area (Å²) in [5.41, 5.74) is 5.10. The lowest BCUT2D eigenvalue weighted by Gasteiger charge is -2.21. The number of fused-ring (bicyclic) bond motifs is 1. The quantitative estimate of drug-likeness (QED) is 0.597. The van der Waals surface area contributed by atoms with Crippen LogP contribution in [0.3, 0.4) is 0 Å². The van der Waals surface area contributed by atoms with Crippen LogP contribution < -0.4 is 4.74 Å². The maximum atomic E-state index is 12.1. The monoisotopic (exact) mass is 402 g/mol. The Hall–Kier alpha value is -3.21. The molecule has 1 aliphatic heterocycles. The minimum Gasteiger partial charge on any atom is -0.493 e. The fourth-order valence-corrected chi connectivity index (χ4v) is 4.12. The maximum Gasteiger partial charge on any atom is 0.311 e. The maximum absolute atomic E-state index is 12.1. The van der Waals surface area contributed by atoms with E-state index < -0.39 is 11.9 Å². The zero-order valence-electron chi connectivity index (χ0n) is 17.4. The van der Waals surface area contributed by atoms with Gasteiger partial charge in [-0.25, -0.2) is 9.97 Å². The number of carboxylic acids is 1. The lowest BCUT2D eigenvalue weighted by Crippen LogP contribution is -2.16. The molecule has 0 amide bonds. The second kappa shape index (κ2) is 8.66. The van der Waals surface area contributed by atoms with Crippen molar-refractivity contribution in [1.82, 2.24) is 9.97 Å². The smallest absolute Gasteiger partial charge is 0.311 e. The van der Waals surface area contributed by atoms with Crippen molar-refractivity contribution in [2.45, 2.75) is 45.4 Å². The lowest BCUT2D eigenvalue weighted by atomic mass is 9.88. The molecule has 1 aliphatic rings. The summed E-state index contributed by atoms with van der Waals surface area (Å²) in [7, 11) is 0. The topological polar surface area (TPSA) is 72.3 Å². The van der Waals surface area contributed by atoms with Crippen molar-refractivity contribution in [3.05, 3.63) is 65.4 Å². The van der Waals surface area contributed by atoms with Crippen molar-refractivity contribution in [2.75, 3.05) is 6.61 Å². The van der Waals surface area contributed by atoms with Crippen LogP contribution in [0.2, 0.25) is 0 Å². The zero-order chi connectivity index (χ0) is 21.1. The molecule has 0 radical (unpaired) electrons. The minimum atomic E-state index is -0.835. The van der Waals surface area contributed by atoms with Crippen LogP contribution in [0, 0.1) is 6.92 Å². The Morgan fingerprint density at radius 3 is 2.67 bits per heavy atom. The molecule has 0 fully saturated rings. The van der Waals surface area contributed by atoms with Crippen LogP contribution >= 0.6 is 0 Å². The van der Waals surface area contributed by atoms with E-state index in [0.717, 1.165) is 48.3 Å². The predicted octanol–water partition coefficient (Wildman–Crippen LogP) is 5.41. The molecule has 30 heavy (non-hydrogen) atoms. The van der Waals surface area contributed by atoms with Crippen molar-refractivity contribution in [2.24, 2.45) is 0 Å². The predicted molar refractivity (Wildman–Crippen MR) is 117 cm³/mol. The third-order valence-electron chi connectivity index (χ3n) is 5.57. The number of benzene rings is 2. The standard InChI is InChI=1S/C25H26N2O3/c1-3-8-20(25(28)29)22-16(2)26-24(17-9-5-4-6-10-17)27-23(22)19-12-13-21-18(15-19)11-7-14-30-21/h4-6,9-10,12-13,15,20H,3,7-8,11,14H2,1-2H3,(H,28,29). The highest BCUT2D eigenvalue weighted by atomic mass is 16.5. The Balaban J connectivity index is 1.93. The summed E-state index contributed by atoms with van der Waals surface area (Å²) in [6, 6.07) is 15.9. The van der Waals surface area contributed by atoms with Crippen LogP contribution in [0.25, 0.3) is 22.6 Å². The summed E-state index contributed by atoms with van der Waals surface area (Å²) in [4.78, 5) is 21.7. The molecule has 0 spiro atoms. The van der Waals surface area contributed by atoms with Gasteiger partial charge in [0.25, 0.3) is 0 Å². The molecule has 0 saturated carbocycles. The van der Waals surface area contributed by atoms with Gasteiger partial charge in [-0.3, -0.25) is 4.79 Å². The van der Waals surface area contributed by atoms with Gasteiger partial charge in [-0.1, -0.05) is 43.7 Å². The first-order valence-electron chi connectivity index (χ1n) is 10.5. The van der Waals surface area contributed by atoms with Crippen LogP contribution in [0.1, 0.15) is 48.9 Å². The van der Waals surface area contributed by atoms with Gasteiger partial charge in [-0.2, -0.15) is 0 Å². The number of rotatable bonds is 6. The number of nitrogens with zero attached hydrogens (tertiary/aromatic N) is 2. The average Bonchev–Trinajstić information content (AvgIpc) is 2.77. The van der Waals surface area contributed by atoms with Crippen molar-refractivity contribution in [3.63, 3.8) is 0 Å². The summed E-state index contributed by atoms with van der Waals surface area (Å²) in [5.74, 6) is 0.0473. The molecule has 5 heteroatoms. The second-order valence-corrected chi connectivity index (χ2v) is 7.71. The molecule has 0 bridgehead atoms. The number of ether oxygens (including phenoxy) is 1. The number of hydrogen-bond acceptors (Lipinski definition) is 4. The van der Waals surface area contributed by atoms with Crippen molar-refractivity contribution >= 4 is 5.97 Å². The molecule has 1 N–H and O–H groups in total. The summed E-state index contributed by atoms with van der Waals surface area (Å²) in [6.45, 7) is 4.63. The Morgan fingerprint density at radius 1 is 1.13 bits per heavy atom. The first kappa shape index (κ1) is 20.1. The molecule has 3 aromatic rings. The largest absolute Gasteiger partial charge is 0.493 e. The van der Waals surface area contributed by atoms with Gasteiger partial charge in [-0.15, -0.1) is 0 Å². The van der Waals surface area contributed by atoms with Crippen LogP contribution in [0.15, 0.2) is 48.5 Å². The molecule has 1 atom stereocenters. The molecule has 4 rings (SSSR count). The van der Waals surface area contributed by atoms with Gasteiger partial charge in [0, 0.05) is 22.4 Å². The number of carboxylic acid groups (broad SMARTS) is 1. The Morgan fingerprint density at radius 2 is 1.93 bits per heavy atom. The fraction of sp³-hybridized carbons (Fsp3) is 0.320. The second-order valence-electron chi connectivity index (χ2n) is 7.71. The van der Waals surface area contributed by atoms with Gasteiger partial charge in [0.15, 0.2) is 5.82 Å². The number of carbonyl (C=O) groups is 1. The molecule has 1 aromatic heterocycles. The Labute approximate surface area is 176 Å². The highest BCUT2D eigenvalue weighted by Gasteiger charge is 2.27. The Bertz CT molecular complexity index is 1060. The number of hydrogen-bond donors (Lipinski definition) is 1. The van der Waals surface area contributed by atoms with Crippen LogP contribution in [-0.2, 0) is 11.2 Å². The van der Waals surface area contributed by atoms with E-state index in [9.17, 15) is 9.90 Å². The summed E-state index contributed by atoms with van der Waals surface area (Å²) < 4.78 is 5.76. The molecule has 0 aliphatic carbocycles. The SMILES string of the molecule is CCCC(C(=O)O)c1c(C)nc(-c2ccccc2)nc1-c1ccc2c(c1)CCCO2. The third-order valence-corrected chi connectivity index (χ3v) is 5.57. The summed E-state index contributed by atoms with van der Waals surface area (Å²) in [5, 5.41) is 9.96. The van der Waals surface area contributed by atoms with E-state index in [1.807, 2.05) is 56.3 Å². The van der Waals surface area contributed by atoms with Crippen molar-refractivity contribution < 1.29 is 14.6 Å². The Kier molecular flexibility index (Phi) is 5.79. The third kappa shape index (κ3) is 3.92. The van der Waals surface area contributed by atoms with Crippen LogP contribution in [0.4, 0.5) is 0 Å². The zero-order valence-corrected chi connectivity index (χ0v) is 17.4. The highest BCUT2D eigenvalue weighted by Crippen LogP contribution is 2.37. The van der Waals surface area contributed by atoms with Crippen LogP contribution in [-0.4, -0.2) is 27.7 Å². The lowest BCUT2D eigenvalue weighted by molar-refractivity contribution is -0.139. The van der Waals surface area contributed by atoms with Gasteiger partial charge in [0.2, 0.25) is 0 Å². The number of aromatic nitrogens is 2. The van der Waals surface area contributed by atoms with Gasteiger partial charge in [0.1, 0.15) is 5.75 Å². The van der Waals surface area contributed by atoms with Crippen LogP contribution in [0.5, 0.6) is 5.75 Å². The molecule has 154 valence electrons. The molecule has 0 saturated heterocycles. The number of aryl methyl sites for hydroxylation is 2. The van der Waals surface area contributed by atoms with E-state index in [-0.39, 0.29) is 0 Å². The average molecular weight is 402 g/mol. The highest BCUT2D eigenvalue weighted by molar-refractivity contribution is 5.81. The molecule has 2 heterocycles. The normalized spacial score (nSPS) is 13.9. The van der Waals surface area contributed by atoms with Gasteiger partial charge < -0.3 is 9.84 Å². The minimum absolute atomic E-state index is 0.547. The van der Waals surface area contributed by atoms with Crippen molar-refractivity contribution in [3.8, 4) is 28.4 Å². The van der Waals surface area contributed by atoms with E-state index in [2.05, 4.69) is 6.07 Å². The molecular weight excluding hydrogens is 376 g/mol. The van der Waals surface area contributed by atoms with Gasteiger partial charge >= 0.3 is 5.97 Å². The first-order valence-corrected chi connectivity index (χ1v) is 10.5. The summed E-state index contributed by atoms with van der Waals surface area (Å²) >= 11 is 0. The molecule has 2 aromatic carbocycles. The van der Waals surface area contributed by atoms with Gasteiger partial charge in [0.05, 0.1) is 18.2 Å². The van der Waals surface area contributed by atoms with E-state index >= 15 is 0 Å². The molecule has 5 nitrogen and oxygen atoms in total.